The molecule has 1 aliphatic rings. The zero-order valence-corrected chi connectivity index (χ0v) is 19.1. The minimum atomic E-state index is -3.72. The fourth-order valence-electron chi connectivity index (χ4n) is 3.41. The Morgan fingerprint density at radius 1 is 1.16 bits per heavy atom. The Bertz CT molecular complexity index is 1110. The number of halogens is 1. The normalized spacial score (nSPS) is 15.1. The molecule has 32 heavy (non-hydrogen) atoms. The minimum absolute atomic E-state index is 0.0336. The molecular weight excluding hydrogens is 458 g/mol. The van der Waals surface area contributed by atoms with Crippen molar-refractivity contribution < 1.29 is 22.9 Å². The lowest BCUT2D eigenvalue weighted by molar-refractivity contribution is -0.385. The van der Waals surface area contributed by atoms with Crippen molar-refractivity contribution in [3.05, 3.63) is 57.1 Å². The summed E-state index contributed by atoms with van der Waals surface area (Å²) in [6.07, 6.45) is 3.60. The lowest BCUT2D eigenvalue weighted by Crippen LogP contribution is -2.32. The predicted octanol–water partition coefficient (Wildman–Crippen LogP) is 4.14. The number of anilines is 1. The summed E-state index contributed by atoms with van der Waals surface area (Å²) in [7, 11) is -3.72. The van der Waals surface area contributed by atoms with Gasteiger partial charge in [-0.3, -0.25) is 14.9 Å². The van der Waals surface area contributed by atoms with Crippen molar-refractivity contribution in [1.82, 2.24) is 4.31 Å². The molecular formula is C21H24ClN3O6S. The van der Waals surface area contributed by atoms with Gasteiger partial charge in [-0.05, 0) is 49.6 Å². The average molecular weight is 482 g/mol. The second-order valence-corrected chi connectivity index (χ2v) is 9.87. The lowest BCUT2D eigenvalue weighted by atomic mass is 10.2. The summed E-state index contributed by atoms with van der Waals surface area (Å²) in [6.45, 7) is 2.14. The van der Waals surface area contributed by atoms with Crippen LogP contribution in [0.5, 0.6) is 5.75 Å². The highest BCUT2D eigenvalue weighted by Gasteiger charge is 2.26. The van der Waals surface area contributed by atoms with Crippen LogP contribution in [0.4, 0.5) is 11.4 Å². The van der Waals surface area contributed by atoms with E-state index in [0.717, 1.165) is 31.2 Å². The first kappa shape index (κ1) is 24.0. The first-order valence-corrected chi connectivity index (χ1v) is 12.0. The SMILES string of the molecule is Cc1ccc([N+](=O)[O-])c(OCC(=O)Nc2cc(S(=O)(=O)N3CCCCCC3)ccc2Cl)c1. The number of nitro groups is 1. The number of carbonyl (C=O) groups excluding carboxylic acids is 1. The summed E-state index contributed by atoms with van der Waals surface area (Å²) in [5.74, 6) is -0.666. The Kier molecular flexibility index (Phi) is 7.70. The largest absolute Gasteiger partial charge is 0.477 e. The zero-order valence-electron chi connectivity index (χ0n) is 17.5. The standard InChI is InChI=1S/C21H24ClN3O6S/c1-15-6-9-19(25(27)28)20(12-15)31-14-21(26)23-18-13-16(7-8-17(18)22)32(29,30)24-10-4-2-3-5-11-24/h6-9,12-13H,2-5,10-11,14H2,1H3,(H,23,26). The number of hydrogen-bond acceptors (Lipinski definition) is 6. The smallest absolute Gasteiger partial charge is 0.310 e. The molecule has 1 N–H and O–H groups in total. The number of carbonyl (C=O) groups is 1. The van der Waals surface area contributed by atoms with E-state index >= 15 is 0 Å². The zero-order chi connectivity index (χ0) is 23.3. The van der Waals surface area contributed by atoms with Crippen LogP contribution < -0.4 is 10.1 Å². The average Bonchev–Trinajstić information content (AvgIpc) is 3.04. The molecule has 0 spiro atoms. The maximum Gasteiger partial charge on any atom is 0.310 e. The van der Waals surface area contributed by atoms with Gasteiger partial charge < -0.3 is 10.1 Å². The van der Waals surface area contributed by atoms with Crippen molar-refractivity contribution in [2.45, 2.75) is 37.5 Å². The molecule has 0 unspecified atom stereocenters. The van der Waals surface area contributed by atoms with Crippen LogP contribution in [0, 0.1) is 17.0 Å². The molecule has 0 atom stereocenters. The Labute approximate surface area is 191 Å². The summed E-state index contributed by atoms with van der Waals surface area (Å²) in [6, 6.07) is 8.47. The van der Waals surface area contributed by atoms with Gasteiger partial charge in [-0.15, -0.1) is 0 Å². The number of hydrogen-bond donors (Lipinski definition) is 1. The molecule has 0 bridgehead atoms. The van der Waals surface area contributed by atoms with Crippen molar-refractivity contribution in [2.24, 2.45) is 0 Å². The maximum atomic E-state index is 13.0. The van der Waals surface area contributed by atoms with Crippen LogP contribution in [0.3, 0.4) is 0 Å². The molecule has 0 radical (unpaired) electrons. The van der Waals surface area contributed by atoms with Gasteiger partial charge in [-0.1, -0.05) is 30.5 Å². The van der Waals surface area contributed by atoms with Gasteiger partial charge in [0.05, 0.1) is 20.5 Å². The van der Waals surface area contributed by atoms with Crippen LogP contribution in [0.25, 0.3) is 0 Å². The predicted molar refractivity (Wildman–Crippen MR) is 121 cm³/mol. The number of aryl methyl sites for hydroxylation is 1. The van der Waals surface area contributed by atoms with Gasteiger partial charge in [0.1, 0.15) is 0 Å². The molecule has 1 heterocycles. The van der Waals surface area contributed by atoms with E-state index in [2.05, 4.69) is 5.32 Å². The van der Waals surface area contributed by atoms with Crippen molar-refractivity contribution in [3.8, 4) is 5.75 Å². The number of nitrogens with one attached hydrogen (secondary N) is 1. The van der Waals surface area contributed by atoms with Crippen LogP contribution in [0.2, 0.25) is 5.02 Å². The monoisotopic (exact) mass is 481 g/mol. The highest BCUT2D eigenvalue weighted by molar-refractivity contribution is 7.89. The molecule has 1 fully saturated rings. The molecule has 11 heteroatoms. The van der Waals surface area contributed by atoms with Gasteiger partial charge in [-0.25, -0.2) is 8.42 Å². The van der Waals surface area contributed by atoms with E-state index in [0.29, 0.717) is 13.1 Å². The van der Waals surface area contributed by atoms with Crippen molar-refractivity contribution in [1.29, 1.82) is 0 Å². The molecule has 0 aliphatic carbocycles. The molecule has 9 nitrogen and oxygen atoms in total. The molecule has 2 aromatic rings. The Morgan fingerprint density at radius 2 is 1.84 bits per heavy atom. The molecule has 1 aliphatic heterocycles. The quantitative estimate of drug-likeness (QED) is 0.469. The molecule has 0 saturated carbocycles. The number of sulfonamides is 1. The summed E-state index contributed by atoms with van der Waals surface area (Å²) in [5, 5.41) is 13.8. The van der Waals surface area contributed by atoms with Crippen molar-refractivity contribution >= 4 is 38.9 Å². The Morgan fingerprint density at radius 3 is 2.50 bits per heavy atom. The number of ether oxygens (including phenoxy) is 1. The Balaban J connectivity index is 1.73. The van der Waals surface area contributed by atoms with Crippen LogP contribution >= 0.6 is 11.6 Å². The van der Waals surface area contributed by atoms with Crippen LogP contribution in [-0.2, 0) is 14.8 Å². The second-order valence-electron chi connectivity index (χ2n) is 7.53. The van der Waals surface area contributed by atoms with Crippen LogP contribution in [0.15, 0.2) is 41.3 Å². The first-order chi connectivity index (χ1) is 15.2. The van der Waals surface area contributed by atoms with Gasteiger partial charge >= 0.3 is 5.69 Å². The van der Waals surface area contributed by atoms with E-state index in [1.807, 2.05) is 0 Å². The number of nitro benzene ring substituents is 1. The highest BCUT2D eigenvalue weighted by atomic mass is 35.5. The van der Waals surface area contributed by atoms with E-state index in [1.54, 1.807) is 13.0 Å². The van der Waals surface area contributed by atoms with E-state index in [9.17, 15) is 23.3 Å². The maximum absolute atomic E-state index is 13.0. The van der Waals surface area contributed by atoms with Gasteiger partial charge in [0.25, 0.3) is 5.91 Å². The van der Waals surface area contributed by atoms with Gasteiger partial charge in [0, 0.05) is 19.2 Å². The molecule has 0 aromatic heterocycles. The van der Waals surface area contributed by atoms with Crippen molar-refractivity contribution in [2.75, 3.05) is 25.0 Å². The number of amides is 1. The fourth-order valence-corrected chi connectivity index (χ4v) is 5.12. The fraction of sp³-hybridized carbons (Fsp3) is 0.381. The third kappa shape index (κ3) is 5.76. The summed E-state index contributed by atoms with van der Waals surface area (Å²) >= 11 is 6.15. The molecule has 2 aromatic carbocycles. The summed E-state index contributed by atoms with van der Waals surface area (Å²) in [5.41, 5.74) is 0.599. The second kappa shape index (κ2) is 10.3. The van der Waals surface area contributed by atoms with E-state index in [4.69, 9.17) is 16.3 Å². The van der Waals surface area contributed by atoms with Gasteiger partial charge in [0.2, 0.25) is 10.0 Å². The third-order valence-corrected chi connectivity index (χ3v) is 7.31. The Hall–Kier alpha value is -2.69. The number of nitrogens with zero attached hydrogens (tertiary/aromatic N) is 2. The van der Waals surface area contributed by atoms with Gasteiger partial charge in [-0.2, -0.15) is 4.31 Å². The topological polar surface area (TPSA) is 119 Å². The van der Waals surface area contributed by atoms with Gasteiger partial charge in [0.15, 0.2) is 12.4 Å². The molecule has 1 saturated heterocycles. The molecule has 1 amide bonds. The number of rotatable bonds is 7. The molecule has 172 valence electrons. The lowest BCUT2D eigenvalue weighted by Gasteiger charge is -2.20. The van der Waals surface area contributed by atoms with Crippen LogP contribution in [0.1, 0.15) is 31.2 Å². The van der Waals surface area contributed by atoms with E-state index < -0.39 is 27.5 Å². The van der Waals surface area contributed by atoms with Crippen LogP contribution in [-0.4, -0.2) is 43.2 Å². The first-order valence-electron chi connectivity index (χ1n) is 10.2. The highest BCUT2D eigenvalue weighted by Crippen LogP contribution is 2.29. The summed E-state index contributed by atoms with van der Waals surface area (Å²) < 4.78 is 32.8. The van der Waals surface area contributed by atoms with Crippen molar-refractivity contribution in [3.63, 3.8) is 0 Å². The summed E-state index contributed by atoms with van der Waals surface area (Å²) in [4.78, 5) is 23.0. The third-order valence-electron chi connectivity index (χ3n) is 5.09. The van der Waals surface area contributed by atoms with E-state index in [1.165, 1.54) is 34.6 Å². The van der Waals surface area contributed by atoms with E-state index in [-0.39, 0.29) is 27.0 Å². The minimum Gasteiger partial charge on any atom is -0.477 e. The number of benzene rings is 2. The molecule has 3 rings (SSSR count).